The molecule has 1 aromatic rings. The molecule has 0 nitrogen and oxygen atoms in total. The van der Waals surface area contributed by atoms with Crippen molar-refractivity contribution in [1.82, 2.24) is 0 Å². The summed E-state index contributed by atoms with van der Waals surface area (Å²) < 4.78 is 27.1. The summed E-state index contributed by atoms with van der Waals surface area (Å²) in [5.41, 5.74) is 0.531. The molecule has 1 aliphatic rings. The summed E-state index contributed by atoms with van der Waals surface area (Å²) in [6.45, 7) is 6.09. The summed E-state index contributed by atoms with van der Waals surface area (Å²) in [6.07, 6.45) is 15.1. The predicted octanol–water partition coefficient (Wildman–Crippen LogP) is 7.48. The third-order valence-electron chi connectivity index (χ3n) is 6.05. The molecule has 1 fully saturated rings. The maximum absolute atomic E-state index is 13.8. The van der Waals surface area contributed by atoms with Crippen LogP contribution in [0.25, 0.3) is 0 Å². The monoisotopic (exact) mass is 348 g/mol. The Hall–Kier alpha value is -1.18. The smallest absolute Gasteiger partial charge is 0.162 e. The molecule has 0 saturated heterocycles. The van der Waals surface area contributed by atoms with Gasteiger partial charge in [-0.1, -0.05) is 50.8 Å². The molecule has 0 radical (unpaired) electrons. The van der Waals surface area contributed by atoms with E-state index in [0.29, 0.717) is 12.0 Å². The van der Waals surface area contributed by atoms with Crippen molar-refractivity contribution in [3.8, 4) is 0 Å². The molecule has 1 atom stereocenters. The maximum Gasteiger partial charge on any atom is 0.162 e. The lowest BCUT2D eigenvalue weighted by Gasteiger charge is -2.34. The topological polar surface area (TPSA) is 0 Å². The molecule has 0 heterocycles. The predicted molar refractivity (Wildman–Crippen MR) is 103 cm³/mol. The fourth-order valence-electron chi connectivity index (χ4n) is 4.58. The van der Waals surface area contributed by atoms with Gasteiger partial charge >= 0.3 is 0 Å². The summed E-state index contributed by atoms with van der Waals surface area (Å²) in [5, 5.41) is 0. The van der Waals surface area contributed by atoms with Gasteiger partial charge in [0.1, 0.15) is 0 Å². The lowest BCUT2D eigenvalue weighted by molar-refractivity contribution is 0.180. The number of allylic oxidation sites excluding steroid dienone is 1. The normalized spacial score (nSPS) is 21.9. The minimum absolute atomic E-state index is 0.531. The number of rotatable bonds is 10. The van der Waals surface area contributed by atoms with Gasteiger partial charge in [-0.15, -0.1) is 6.58 Å². The van der Waals surface area contributed by atoms with Crippen molar-refractivity contribution in [2.45, 2.75) is 77.6 Å². The zero-order valence-electron chi connectivity index (χ0n) is 15.8. The zero-order chi connectivity index (χ0) is 18.1. The Labute approximate surface area is 152 Å². The van der Waals surface area contributed by atoms with E-state index in [0.717, 1.165) is 37.0 Å². The molecule has 1 unspecified atom stereocenters. The van der Waals surface area contributed by atoms with Gasteiger partial charge in [-0.05, 0) is 74.3 Å². The largest absolute Gasteiger partial charge is 0.204 e. The van der Waals surface area contributed by atoms with Gasteiger partial charge in [-0.2, -0.15) is 0 Å². The van der Waals surface area contributed by atoms with Gasteiger partial charge in [0.05, 0.1) is 0 Å². The van der Waals surface area contributed by atoms with Crippen LogP contribution in [0.2, 0.25) is 0 Å². The summed E-state index contributed by atoms with van der Waals surface area (Å²) in [6, 6.07) is 4.53. The van der Waals surface area contributed by atoms with E-state index in [1.807, 2.05) is 6.08 Å². The molecule has 25 heavy (non-hydrogen) atoms. The Morgan fingerprint density at radius 2 is 1.92 bits per heavy atom. The third-order valence-corrected chi connectivity index (χ3v) is 6.05. The number of benzene rings is 1. The average Bonchev–Trinajstić information content (AvgIpc) is 2.63. The van der Waals surface area contributed by atoms with Crippen molar-refractivity contribution in [2.24, 2.45) is 17.8 Å². The Balaban J connectivity index is 1.80. The zero-order valence-corrected chi connectivity index (χ0v) is 15.8. The van der Waals surface area contributed by atoms with E-state index in [2.05, 4.69) is 13.5 Å². The van der Waals surface area contributed by atoms with E-state index in [-0.39, 0.29) is 0 Å². The van der Waals surface area contributed by atoms with Crippen LogP contribution in [0.1, 0.15) is 76.7 Å². The number of hydrogen-bond donors (Lipinski definition) is 0. The Kier molecular flexibility index (Phi) is 8.64. The van der Waals surface area contributed by atoms with Gasteiger partial charge in [-0.3, -0.25) is 0 Å². The van der Waals surface area contributed by atoms with Gasteiger partial charge < -0.3 is 0 Å². The van der Waals surface area contributed by atoms with Gasteiger partial charge in [-0.25, -0.2) is 8.78 Å². The molecule has 0 bridgehead atoms. The van der Waals surface area contributed by atoms with Crippen LogP contribution in [0.15, 0.2) is 30.9 Å². The highest BCUT2D eigenvalue weighted by atomic mass is 19.2. The Morgan fingerprint density at radius 3 is 2.60 bits per heavy atom. The van der Waals surface area contributed by atoms with Crippen molar-refractivity contribution in [3.05, 3.63) is 48.1 Å². The first kappa shape index (κ1) is 20.1. The van der Waals surface area contributed by atoms with Gasteiger partial charge in [0, 0.05) is 0 Å². The van der Waals surface area contributed by atoms with E-state index in [9.17, 15) is 8.78 Å². The van der Waals surface area contributed by atoms with Gasteiger partial charge in [0.15, 0.2) is 11.6 Å². The molecule has 1 aliphatic carbocycles. The number of halogens is 2. The van der Waals surface area contributed by atoms with Crippen LogP contribution in [0, 0.1) is 29.4 Å². The summed E-state index contributed by atoms with van der Waals surface area (Å²) >= 11 is 0. The van der Waals surface area contributed by atoms with Crippen molar-refractivity contribution >= 4 is 0 Å². The first-order valence-corrected chi connectivity index (χ1v) is 10.2. The van der Waals surface area contributed by atoms with E-state index in [1.165, 1.54) is 51.0 Å². The van der Waals surface area contributed by atoms with Gasteiger partial charge in [0.25, 0.3) is 0 Å². The lowest BCUT2D eigenvalue weighted by atomic mass is 9.72. The fourth-order valence-corrected chi connectivity index (χ4v) is 4.58. The lowest BCUT2D eigenvalue weighted by Crippen LogP contribution is -2.22. The molecule has 0 aromatic heterocycles. The second-order valence-corrected chi connectivity index (χ2v) is 7.80. The van der Waals surface area contributed by atoms with Crippen molar-refractivity contribution in [2.75, 3.05) is 0 Å². The van der Waals surface area contributed by atoms with Crippen molar-refractivity contribution < 1.29 is 8.78 Å². The van der Waals surface area contributed by atoms with Crippen LogP contribution in [0.4, 0.5) is 8.78 Å². The van der Waals surface area contributed by atoms with Crippen LogP contribution in [-0.4, -0.2) is 0 Å². The quantitative estimate of drug-likeness (QED) is 0.384. The second kappa shape index (κ2) is 10.7. The molecule has 2 heteroatoms. The molecule has 1 saturated carbocycles. The fraction of sp³-hybridized carbons (Fsp3) is 0.652. The minimum Gasteiger partial charge on any atom is -0.204 e. The third kappa shape index (κ3) is 6.24. The maximum atomic E-state index is 13.8. The first-order chi connectivity index (χ1) is 12.2. The van der Waals surface area contributed by atoms with E-state index >= 15 is 0 Å². The van der Waals surface area contributed by atoms with E-state index < -0.39 is 11.6 Å². The van der Waals surface area contributed by atoms with Crippen LogP contribution in [0.3, 0.4) is 0 Å². The highest BCUT2D eigenvalue weighted by Crippen LogP contribution is 2.39. The molecule has 0 spiro atoms. The molecule has 0 amide bonds. The Morgan fingerprint density at radius 1 is 1.16 bits per heavy atom. The molecule has 0 aliphatic heterocycles. The Bertz CT molecular complexity index is 515. The summed E-state index contributed by atoms with van der Waals surface area (Å²) in [4.78, 5) is 0. The SMILES string of the molecule is C=CCCC1CCC(C(CCC)CCCc2cccc(F)c2F)CC1. The summed E-state index contributed by atoms with van der Waals surface area (Å²) in [7, 11) is 0. The molecule has 140 valence electrons. The first-order valence-electron chi connectivity index (χ1n) is 10.2. The van der Waals surface area contributed by atoms with E-state index in [4.69, 9.17) is 0 Å². The van der Waals surface area contributed by atoms with Crippen LogP contribution in [0.5, 0.6) is 0 Å². The highest BCUT2D eigenvalue weighted by Gasteiger charge is 2.26. The standard InChI is InChI=1S/C23H34F2/c1-3-5-9-18-14-16-20(17-15-18)19(8-4-2)10-6-11-21-12-7-13-22(24)23(21)25/h3,7,12-13,18-20H,1,4-6,8-11,14-17H2,2H3. The minimum atomic E-state index is -0.722. The highest BCUT2D eigenvalue weighted by molar-refractivity contribution is 5.18. The van der Waals surface area contributed by atoms with Crippen molar-refractivity contribution in [3.63, 3.8) is 0 Å². The van der Waals surface area contributed by atoms with E-state index in [1.54, 1.807) is 12.1 Å². The second-order valence-electron chi connectivity index (χ2n) is 7.80. The van der Waals surface area contributed by atoms with Crippen LogP contribution < -0.4 is 0 Å². The molecule has 0 N–H and O–H groups in total. The summed E-state index contributed by atoms with van der Waals surface area (Å²) in [5.74, 6) is 1.09. The molecule has 1 aromatic carbocycles. The molecular formula is C23H34F2. The van der Waals surface area contributed by atoms with Gasteiger partial charge in [0.2, 0.25) is 0 Å². The number of aryl methyl sites for hydroxylation is 1. The van der Waals surface area contributed by atoms with Crippen molar-refractivity contribution in [1.29, 1.82) is 0 Å². The number of hydrogen-bond acceptors (Lipinski definition) is 0. The van der Waals surface area contributed by atoms with Crippen LogP contribution in [-0.2, 0) is 6.42 Å². The molecule has 2 rings (SSSR count). The average molecular weight is 349 g/mol. The molecular weight excluding hydrogens is 314 g/mol. The van der Waals surface area contributed by atoms with Crippen LogP contribution >= 0.6 is 0 Å².